The molecule has 0 fully saturated rings. The Kier molecular flexibility index (Phi) is 2.40. The van der Waals surface area contributed by atoms with Crippen LogP contribution in [0.15, 0.2) is 12.1 Å². The highest BCUT2D eigenvalue weighted by Gasteiger charge is 2.21. The van der Waals surface area contributed by atoms with Crippen LogP contribution in [0.25, 0.3) is 0 Å². The van der Waals surface area contributed by atoms with Crippen LogP contribution in [0.3, 0.4) is 0 Å². The zero-order chi connectivity index (χ0) is 11.7. The van der Waals surface area contributed by atoms with Crippen molar-refractivity contribution in [1.82, 2.24) is 0 Å². The van der Waals surface area contributed by atoms with Gasteiger partial charge in [-0.1, -0.05) is 0 Å². The molecule has 1 aliphatic heterocycles. The van der Waals surface area contributed by atoms with Gasteiger partial charge in [-0.3, -0.25) is 4.79 Å². The third kappa shape index (κ3) is 1.77. The largest absolute Gasteiger partial charge is 0.478 e. The predicted molar refractivity (Wildman–Crippen MR) is 53.8 cm³/mol. The number of hydrogen-bond donors (Lipinski definition) is 2. The zero-order valence-corrected chi connectivity index (χ0v) is 8.44. The lowest BCUT2D eigenvalue weighted by molar-refractivity contribution is -0.114. The van der Waals surface area contributed by atoms with Crippen molar-refractivity contribution in [1.29, 1.82) is 0 Å². The van der Waals surface area contributed by atoms with Gasteiger partial charge in [0, 0.05) is 6.92 Å². The molecular weight excluding hydrogens is 214 g/mol. The third-order valence-electron chi connectivity index (χ3n) is 2.03. The lowest BCUT2D eigenvalue weighted by Gasteiger charge is -2.07. The molecule has 0 aromatic heterocycles. The van der Waals surface area contributed by atoms with Gasteiger partial charge in [0.25, 0.3) is 0 Å². The van der Waals surface area contributed by atoms with Gasteiger partial charge in [-0.25, -0.2) is 4.79 Å². The van der Waals surface area contributed by atoms with Gasteiger partial charge in [0.05, 0.1) is 11.3 Å². The van der Waals surface area contributed by atoms with Crippen LogP contribution in [0, 0.1) is 0 Å². The van der Waals surface area contributed by atoms with E-state index in [2.05, 4.69) is 5.32 Å². The van der Waals surface area contributed by atoms with Gasteiger partial charge >= 0.3 is 5.97 Å². The van der Waals surface area contributed by atoms with Crippen LogP contribution in [-0.2, 0) is 4.79 Å². The summed E-state index contributed by atoms with van der Waals surface area (Å²) in [6, 6.07) is 2.69. The number of rotatable bonds is 2. The van der Waals surface area contributed by atoms with E-state index < -0.39 is 5.97 Å². The Labute approximate surface area is 90.8 Å². The highest BCUT2D eigenvalue weighted by molar-refractivity contribution is 5.95. The number of carbonyl (C=O) groups is 2. The van der Waals surface area contributed by atoms with Crippen LogP contribution in [0.4, 0.5) is 5.69 Å². The Balaban J connectivity index is 2.49. The van der Waals surface area contributed by atoms with E-state index in [0.717, 1.165) is 0 Å². The molecule has 1 heterocycles. The van der Waals surface area contributed by atoms with E-state index in [0.29, 0.717) is 17.2 Å². The quantitative estimate of drug-likeness (QED) is 0.783. The molecule has 2 rings (SSSR count). The third-order valence-corrected chi connectivity index (χ3v) is 2.03. The smallest absolute Gasteiger partial charge is 0.335 e. The van der Waals surface area contributed by atoms with Crippen molar-refractivity contribution in [3.8, 4) is 11.5 Å². The summed E-state index contributed by atoms with van der Waals surface area (Å²) >= 11 is 0. The molecule has 16 heavy (non-hydrogen) atoms. The Bertz CT molecular complexity index is 469. The monoisotopic (exact) mass is 223 g/mol. The summed E-state index contributed by atoms with van der Waals surface area (Å²) in [5.41, 5.74) is 0.341. The molecule has 2 N–H and O–H groups in total. The van der Waals surface area contributed by atoms with Gasteiger partial charge in [0.1, 0.15) is 0 Å². The predicted octanol–water partition coefficient (Wildman–Crippen LogP) is 1.07. The van der Waals surface area contributed by atoms with Crippen molar-refractivity contribution < 1.29 is 24.2 Å². The van der Waals surface area contributed by atoms with E-state index in [9.17, 15) is 9.59 Å². The van der Waals surface area contributed by atoms with E-state index in [1.807, 2.05) is 0 Å². The summed E-state index contributed by atoms with van der Waals surface area (Å²) in [6.07, 6.45) is 0. The second-order valence-corrected chi connectivity index (χ2v) is 3.24. The zero-order valence-electron chi connectivity index (χ0n) is 8.44. The number of anilines is 1. The number of amides is 1. The number of aromatic carboxylic acids is 1. The van der Waals surface area contributed by atoms with Gasteiger partial charge in [0.15, 0.2) is 11.5 Å². The number of carboxylic acid groups (broad SMARTS) is 1. The van der Waals surface area contributed by atoms with Crippen LogP contribution >= 0.6 is 0 Å². The maximum absolute atomic E-state index is 10.9. The summed E-state index contributed by atoms with van der Waals surface area (Å²) in [7, 11) is 0. The maximum Gasteiger partial charge on any atom is 0.335 e. The number of ether oxygens (including phenoxy) is 2. The number of hydrogen-bond acceptors (Lipinski definition) is 4. The Hall–Kier alpha value is -2.24. The maximum atomic E-state index is 10.9. The topological polar surface area (TPSA) is 84.9 Å². The fourth-order valence-electron chi connectivity index (χ4n) is 1.42. The first-order valence-electron chi connectivity index (χ1n) is 4.52. The van der Waals surface area contributed by atoms with Crippen LogP contribution in [-0.4, -0.2) is 23.8 Å². The number of nitrogens with one attached hydrogen (secondary N) is 1. The lowest BCUT2D eigenvalue weighted by atomic mass is 10.1. The average Bonchev–Trinajstić information content (AvgIpc) is 2.64. The van der Waals surface area contributed by atoms with E-state index in [4.69, 9.17) is 14.6 Å². The van der Waals surface area contributed by atoms with E-state index in [1.54, 1.807) is 0 Å². The Morgan fingerprint density at radius 3 is 2.75 bits per heavy atom. The summed E-state index contributed by atoms with van der Waals surface area (Å²) < 4.78 is 10.2. The molecule has 1 aromatic rings. The SMILES string of the molecule is CC(=O)Nc1cc(C(=O)O)cc2c1OCO2. The normalized spacial score (nSPS) is 12.3. The summed E-state index contributed by atoms with van der Waals surface area (Å²) in [5.74, 6) is -0.714. The van der Waals surface area contributed by atoms with Crippen molar-refractivity contribution >= 4 is 17.6 Å². The second kappa shape index (κ2) is 3.73. The molecule has 1 aromatic carbocycles. The summed E-state index contributed by atoms with van der Waals surface area (Å²) in [5, 5.41) is 11.4. The molecule has 1 aliphatic rings. The minimum absolute atomic E-state index is 0.0188. The minimum atomic E-state index is -1.09. The summed E-state index contributed by atoms with van der Waals surface area (Å²) in [6.45, 7) is 1.35. The first kappa shape index (κ1) is 10.3. The molecule has 1 amide bonds. The standard InChI is InChI=1S/C10H9NO5/c1-5(12)11-7-2-6(10(13)14)3-8-9(7)16-4-15-8/h2-3H,4H2,1H3,(H,11,12)(H,13,14). The van der Waals surface area contributed by atoms with Crippen LogP contribution in [0.5, 0.6) is 11.5 Å². The Morgan fingerprint density at radius 1 is 1.38 bits per heavy atom. The average molecular weight is 223 g/mol. The number of carbonyl (C=O) groups excluding carboxylic acids is 1. The molecule has 0 bridgehead atoms. The van der Waals surface area contributed by atoms with Crippen molar-refractivity contribution in [2.45, 2.75) is 6.92 Å². The van der Waals surface area contributed by atoms with E-state index in [-0.39, 0.29) is 18.3 Å². The molecule has 0 spiro atoms. The van der Waals surface area contributed by atoms with Gasteiger partial charge in [-0.15, -0.1) is 0 Å². The van der Waals surface area contributed by atoms with Gasteiger partial charge < -0.3 is 19.9 Å². The molecule has 84 valence electrons. The molecule has 0 radical (unpaired) electrons. The molecule has 0 aliphatic carbocycles. The fourth-order valence-corrected chi connectivity index (χ4v) is 1.42. The number of benzene rings is 1. The molecule has 0 atom stereocenters. The van der Waals surface area contributed by atoms with Crippen LogP contribution in [0.1, 0.15) is 17.3 Å². The molecule has 0 saturated carbocycles. The van der Waals surface area contributed by atoms with Crippen LogP contribution < -0.4 is 14.8 Å². The van der Waals surface area contributed by atoms with Gasteiger partial charge in [-0.05, 0) is 12.1 Å². The first-order valence-corrected chi connectivity index (χ1v) is 4.52. The highest BCUT2D eigenvalue weighted by atomic mass is 16.7. The van der Waals surface area contributed by atoms with Crippen LogP contribution in [0.2, 0.25) is 0 Å². The summed E-state index contributed by atoms with van der Waals surface area (Å²) in [4.78, 5) is 21.8. The molecule has 0 saturated heterocycles. The van der Waals surface area contributed by atoms with E-state index >= 15 is 0 Å². The lowest BCUT2D eigenvalue weighted by Crippen LogP contribution is -2.08. The Morgan fingerprint density at radius 2 is 2.12 bits per heavy atom. The fraction of sp³-hybridized carbons (Fsp3) is 0.200. The molecule has 6 heteroatoms. The van der Waals surface area contributed by atoms with Crippen molar-refractivity contribution in [3.63, 3.8) is 0 Å². The number of fused-ring (bicyclic) bond motifs is 1. The highest BCUT2D eigenvalue weighted by Crippen LogP contribution is 2.40. The second-order valence-electron chi connectivity index (χ2n) is 3.24. The molecule has 0 unspecified atom stereocenters. The van der Waals surface area contributed by atoms with E-state index in [1.165, 1.54) is 19.1 Å². The van der Waals surface area contributed by atoms with Gasteiger partial charge in [0.2, 0.25) is 12.7 Å². The van der Waals surface area contributed by atoms with Crippen molar-refractivity contribution in [2.75, 3.05) is 12.1 Å². The number of carboxylic acids is 1. The van der Waals surface area contributed by atoms with Crippen molar-refractivity contribution in [3.05, 3.63) is 17.7 Å². The molecular formula is C10H9NO5. The first-order chi connectivity index (χ1) is 7.58. The minimum Gasteiger partial charge on any atom is -0.478 e. The van der Waals surface area contributed by atoms with Gasteiger partial charge in [-0.2, -0.15) is 0 Å². The molecule has 6 nitrogen and oxygen atoms in total. The van der Waals surface area contributed by atoms with Crippen molar-refractivity contribution in [2.24, 2.45) is 0 Å².